The maximum atomic E-state index is 12.3. The van der Waals surface area contributed by atoms with Gasteiger partial charge in [0.25, 0.3) is 0 Å². The summed E-state index contributed by atoms with van der Waals surface area (Å²) in [6.45, 7) is 4.31. The lowest BCUT2D eigenvalue weighted by molar-refractivity contribution is -0.113. The van der Waals surface area contributed by atoms with Crippen LogP contribution in [0.1, 0.15) is 0 Å². The van der Waals surface area contributed by atoms with Crippen molar-refractivity contribution in [2.45, 2.75) is 11.7 Å². The molecule has 3 rings (SSSR count). The predicted molar refractivity (Wildman–Crippen MR) is 118 cm³/mol. The van der Waals surface area contributed by atoms with E-state index < -0.39 is 0 Å². The first kappa shape index (κ1) is 21.2. The highest BCUT2D eigenvalue weighted by atomic mass is 35.5. The third-order valence-electron chi connectivity index (χ3n) is 3.84. The molecule has 9 heteroatoms. The van der Waals surface area contributed by atoms with E-state index in [4.69, 9.17) is 27.9 Å². The van der Waals surface area contributed by atoms with Crippen LogP contribution >= 0.6 is 35.0 Å². The molecule has 1 amide bonds. The second kappa shape index (κ2) is 9.82. The molecule has 1 N–H and O–H groups in total. The summed E-state index contributed by atoms with van der Waals surface area (Å²) in [6, 6.07) is 12.4. The van der Waals surface area contributed by atoms with Crippen molar-refractivity contribution in [1.29, 1.82) is 0 Å². The second-order valence-electron chi connectivity index (χ2n) is 5.93. The van der Waals surface area contributed by atoms with Crippen molar-refractivity contribution < 1.29 is 9.53 Å². The Morgan fingerprint density at radius 3 is 2.69 bits per heavy atom. The number of ether oxygens (including phenoxy) is 1. The molecule has 150 valence electrons. The Kier molecular flexibility index (Phi) is 7.19. The van der Waals surface area contributed by atoms with E-state index in [1.807, 2.05) is 28.8 Å². The predicted octanol–water partition coefficient (Wildman–Crippen LogP) is 5.18. The molecule has 0 fully saturated rings. The molecule has 0 aliphatic heterocycles. The summed E-state index contributed by atoms with van der Waals surface area (Å²) in [7, 11) is 1.61. The maximum Gasteiger partial charge on any atom is 0.234 e. The Balaban J connectivity index is 1.74. The number of amides is 1. The Labute approximate surface area is 182 Å². The zero-order valence-corrected chi connectivity index (χ0v) is 17.9. The summed E-state index contributed by atoms with van der Waals surface area (Å²) >= 11 is 13.2. The molecule has 0 saturated heterocycles. The Bertz CT molecular complexity index is 1020. The maximum absolute atomic E-state index is 12.3. The number of thioether (sulfide) groups is 1. The van der Waals surface area contributed by atoms with Crippen LogP contribution in [0.2, 0.25) is 10.0 Å². The number of hydrogen-bond donors (Lipinski definition) is 1. The Hall–Kier alpha value is -2.48. The lowest BCUT2D eigenvalue weighted by atomic mass is 10.2. The number of benzene rings is 2. The van der Waals surface area contributed by atoms with E-state index in [2.05, 4.69) is 22.1 Å². The van der Waals surface area contributed by atoms with Crippen LogP contribution in [-0.4, -0.2) is 33.5 Å². The van der Waals surface area contributed by atoms with Crippen molar-refractivity contribution in [3.63, 3.8) is 0 Å². The van der Waals surface area contributed by atoms with Gasteiger partial charge in [0.1, 0.15) is 5.75 Å². The van der Waals surface area contributed by atoms with Crippen LogP contribution < -0.4 is 10.1 Å². The number of carbonyl (C=O) groups is 1. The molecule has 29 heavy (non-hydrogen) atoms. The third kappa shape index (κ3) is 5.53. The second-order valence-corrected chi connectivity index (χ2v) is 7.75. The van der Waals surface area contributed by atoms with E-state index in [0.717, 1.165) is 11.3 Å². The molecule has 0 atom stereocenters. The van der Waals surface area contributed by atoms with Gasteiger partial charge in [0.15, 0.2) is 11.0 Å². The van der Waals surface area contributed by atoms with Gasteiger partial charge in [-0.25, -0.2) is 0 Å². The van der Waals surface area contributed by atoms with Gasteiger partial charge in [0.2, 0.25) is 5.91 Å². The largest absolute Gasteiger partial charge is 0.497 e. The normalized spacial score (nSPS) is 10.6. The van der Waals surface area contributed by atoms with Crippen LogP contribution in [0.15, 0.2) is 60.3 Å². The fraction of sp³-hybridized carbons (Fsp3) is 0.150. The molecule has 0 unspecified atom stereocenters. The molecule has 0 saturated carbocycles. The number of carbonyl (C=O) groups excluding carboxylic acids is 1. The lowest BCUT2D eigenvalue weighted by Crippen LogP contribution is -2.14. The van der Waals surface area contributed by atoms with Crippen molar-refractivity contribution in [2.24, 2.45) is 0 Å². The van der Waals surface area contributed by atoms with Gasteiger partial charge in [0.05, 0.1) is 12.9 Å². The van der Waals surface area contributed by atoms with Gasteiger partial charge in [-0.15, -0.1) is 16.8 Å². The third-order valence-corrected chi connectivity index (χ3v) is 5.24. The summed E-state index contributed by atoms with van der Waals surface area (Å²) in [5, 5.41) is 12.8. The highest BCUT2D eigenvalue weighted by Crippen LogP contribution is 2.27. The van der Waals surface area contributed by atoms with Gasteiger partial charge < -0.3 is 10.1 Å². The molecule has 0 bridgehead atoms. The van der Waals surface area contributed by atoms with E-state index in [9.17, 15) is 4.79 Å². The minimum Gasteiger partial charge on any atom is -0.497 e. The fourth-order valence-corrected chi connectivity index (χ4v) is 3.89. The summed E-state index contributed by atoms with van der Waals surface area (Å²) < 4.78 is 7.18. The van der Waals surface area contributed by atoms with Crippen LogP contribution in [0.3, 0.4) is 0 Å². The van der Waals surface area contributed by atoms with Crippen molar-refractivity contribution >= 4 is 46.6 Å². The van der Waals surface area contributed by atoms with E-state index in [-0.39, 0.29) is 11.7 Å². The smallest absolute Gasteiger partial charge is 0.234 e. The van der Waals surface area contributed by atoms with Crippen LogP contribution in [0.5, 0.6) is 5.75 Å². The molecule has 2 aromatic carbocycles. The monoisotopic (exact) mass is 448 g/mol. The molecule has 1 aromatic heterocycles. The molecule has 0 spiro atoms. The topological polar surface area (TPSA) is 69.0 Å². The van der Waals surface area contributed by atoms with Crippen LogP contribution in [0.25, 0.3) is 11.4 Å². The number of aromatic nitrogens is 3. The summed E-state index contributed by atoms with van der Waals surface area (Å²) in [4.78, 5) is 12.3. The minimum atomic E-state index is -0.204. The van der Waals surface area contributed by atoms with Gasteiger partial charge in [-0.1, -0.05) is 53.2 Å². The number of nitrogens with one attached hydrogen (secondary N) is 1. The molecular formula is C20H18Cl2N4O2S. The Morgan fingerprint density at radius 2 is 2.00 bits per heavy atom. The van der Waals surface area contributed by atoms with Gasteiger partial charge in [-0.2, -0.15) is 0 Å². The van der Waals surface area contributed by atoms with E-state index >= 15 is 0 Å². The van der Waals surface area contributed by atoms with Gasteiger partial charge in [0, 0.05) is 27.8 Å². The molecule has 0 aliphatic rings. The zero-order valence-electron chi connectivity index (χ0n) is 15.6. The number of halogens is 2. The highest BCUT2D eigenvalue weighted by Gasteiger charge is 2.15. The van der Waals surface area contributed by atoms with Crippen molar-refractivity contribution in [1.82, 2.24) is 14.8 Å². The van der Waals surface area contributed by atoms with E-state index in [1.54, 1.807) is 31.4 Å². The number of allylic oxidation sites excluding steroid dienone is 1. The van der Waals surface area contributed by atoms with Crippen molar-refractivity contribution in [3.05, 3.63) is 65.2 Å². The molecule has 1 heterocycles. The van der Waals surface area contributed by atoms with Crippen LogP contribution in [-0.2, 0) is 11.3 Å². The average molecular weight is 449 g/mol. The highest BCUT2D eigenvalue weighted by molar-refractivity contribution is 7.99. The van der Waals surface area contributed by atoms with Gasteiger partial charge >= 0.3 is 0 Å². The lowest BCUT2D eigenvalue weighted by Gasteiger charge is -2.09. The number of anilines is 1. The summed E-state index contributed by atoms with van der Waals surface area (Å²) in [6.07, 6.45) is 1.76. The zero-order chi connectivity index (χ0) is 20.8. The minimum absolute atomic E-state index is 0.150. The number of methoxy groups -OCH3 is 1. The quantitative estimate of drug-likeness (QED) is 0.379. The SMILES string of the molecule is C=CCn1c(SCC(=O)Nc2cc(Cl)cc(Cl)c2)nnc1-c1cccc(OC)c1. The van der Waals surface area contributed by atoms with Crippen LogP contribution in [0, 0.1) is 0 Å². The first-order chi connectivity index (χ1) is 14.0. The molecule has 3 aromatic rings. The molecular weight excluding hydrogens is 431 g/mol. The van der Waals surface area contributed by atoms with Crippen LogP contribution in [0.4, 0.5) is 5.69 Å². The molecule has 0 aliphatic carbocycles. The average Bonchev–Trinajstić information content (AvgIpc) is 3.08. The molecule has 6 nitrogen and oxygen atoms in total. The first-order valence-corrected chi connectivity index (χ1v) is 10.3. The van der Waals surface area contributed by atoms with Crippen molar-refractivity contribution in [2.75, 3.05) is 18.2 Å². The fourth-order valence-electron chi connectivity index (χ4n) is 2.62. The number of rotatable bonds is 8. The van der Waals surface area contributed by atoms with E-state index in [1.165, 1.54) is 11.8 Å². The van der Waals surface area contributed by atoms with Gasteiger partial charge in [-0.05, 0) is 30.3 Å². The van der Waals surface area contributed by atoms with E-state index in [0.29, 0.717) is 33.3 Å². The Morgan fingerprint density at radius 1 is 1.24 bits per heavy atom. The van der Waals surface area contributed by atoms with Crippen molar-refractivity contribution in [3.8, 4) is 17.1 Å². The first-order valence-electron chi connectivity index (χ1n) is 8.57. The summed E-state index contributed by atoms with van der Waals surface area (Å²) in [5.41, 5.74) is 1.40. The van der Waals surface area contributed by atoms with Gasteiger partial charge in [-0.3, -0.25) is 9.36 Å². The summed E-state index contributed by atoms with van der Waals surface area (Å²) in [5.74, 6) is 1.35. The number of nitrogens with zero attached hydrogens (tertiary/aromatic N) is 3. The standard InChI is InChI=1S/C20H18Cl2N4O2S/c1-3-7-26-19(13-5-4-6-17(8-13)28-2)24-25-20(26)29-12-18(27)23-16-10-14(21)9-15(22)11-16/h3-6,8-11H,1,7,12H2,2H3,(H,23,27). The molecule has 0 radical (unpaired) electrons. The number of hydrogen-bond acceptors (Lipinski definition) is 5.